The molecule has 1 fully saturated rings. The smallest absolute Gasteiger partial charge is 0.238 e. The Morgan fingerprint density at radius 2 is 2.21 bits per heavy atom. The first-order chi connectivity index (χ1) is 8.91. The number of primary sulfonamides is 1. The van der Waals surface area contributed by atoms with Gasteiger partial charge in [-0.1, -0.05) is 0 Å². The number of rotatable bonds is 3. The Morgan fingerprint density at radius 1 is 1.47 bits per heavy atom. The highest BCUT2D eigenvalue weighted by molar-refractivity contribution is 7.89. The lowest BCUT2D eigenvalue weighted by Crippen LogP contribution is -2.46. The third kappa shape index (κ3) is 3.21. The van der Waals surface area contributed by atoms with E-state index in [2.05, 4.69) is 0 Å². The number of nitrogens with zero attached hydrogens (tertiary/aromatic N) is 1. The van der Waals surface area contributed by atoms with Crippen molar-refractivity contribution in [2.45, 2.75) is 11.0 Å². The van der Waals surface area contributed by atoms with Crippen LogP contribution in [0, 0.1) is 5.82 Å². The summed E-state index contributed by atoms with van der Waals surface area (Å²) in [5.41, 5.74) is 5.85. The van der Waals surface area contributed by atoms with E-state index < -0.39 is 15.8 Å². The second-order valence-corrected chi connectivity index (χ2v) is 5.89. The fraction of sp³-hybridized carbons (Fsp3) is 0.455. The number of benzene rings is 1. The summed E-state index contributed by atoms with van der Waals surface area (Å²) in [5, 5.41) is 4.95. The summed E-state index contributed by atoms with van der Waals surface area (Å²) in [4.78, 5) is 1.54. The maximum absolute atomic E-state index is 14.0. The zero-order valence-electron chi connectivity index (χ0n) is 10.3. The summed E-state index contributed by atoms with van der Waals surface area (Å²) in [6, 6.07) is 3.63. The van der Waals surface area contributed by atoms with E-state index in [9.17, 15) is 12.8 Å². The molecule has 0 saturated carbocycles. The molecule has 0 aromatic heterocycles. The van der Waals surface area contributed by atoms with Crippen molar-refractivity contribution in [2.75, 3.05) is 31.1 Å². The molecule has 0 bridgehead atoms. The zero-order chi connectivity index (χ0) is 14.0. The van der Waals surface area contributed by atoms with Crippen molar-refractivity contribution in [3.63, 3.8) is 0 Å². The number of ether oxygens (including phenoxy) is 1. The molecule has 0 spiro atoms. The number of hydrogen-bond donors (Lipinski definition) is 2. The van der Waals surface area contributed by atoms with Crippen LogP contribution < -0.4 is 15.8 Å². The van der Waals surface area contributed by atoms with E-state index in [1.165, 1.54) is 12.1 Å². The van der Waals surface area contributed by atoms with Crippen LogP contribution in [0.25, 0.3) is 0 Å². The van der Waals surface area contributed by atoms with Crippen LogP contribution in [0.15, 0.2) is 23.1 Å². The van der Waals surface area contributed by atoms with Gasteiger partial charge in [-0.05, 0) is 18.2 Å². The highest BCUT2D eigenvalue weighted by Crippen LogP contribution is 2.24. The van der Waals surface area contributed by atoms with E-state index in [-0.39, 0.29) is 11.0 Å². The van der Waals surface area contributed by atoms with Crippen LogP contribution >= 0.6 is 0 Å². The van der Waals surface area contributed by atoms with Crippen LogP contribution in [0.3, 0.4) is 0 Å². The van der Waals surface area contributed by atoms with Crippen molar-refractivity contribution >= 4 is 15.7 Å². The highest BCUT2D eigenvalue weighted by atomic mass is 32.2. The molecule has 1 saturated heterocycles. The van der Waals surface area contributed by atoms with Gasteiger partial charge in [-0.3, -0.25) is 0 Å². The summed E-state index contributed by atoms with van der Waals surface area (Å²) >= 11 is 0. The number of halogens is 1. The van der Waals surface area contributed by atoms with Gasteiger partial charge in [0.15, 0.2) is 0 Å². The molecular weight excluding hydrogens is 273 g/mol. The van der Waals surface area contributed by atoms with Gasteiger partial charge in [-0.25, -0.2) is 17.9 Å². The summed E-state index contributed by atoms with van der Waals surface area (Å²) in [7, 11) is -3.89. The van der Waals surface area contributed by atoms with Crippen LogP contribution in [-0.2, 0) is 14.8 Å². The molecule has 8 heteroatoms. The molecule has 2 rings (SSSR count). The Bertz CT molecular complexity index is 564. The molecule has 6 nitrogen and oxygen atoms in total. The van der Waals surface area contributed by atoms with Crippen LogP contribution in [0.1, 0.15) is 0 Å². The van der Waals surface area contributed by atoms with Crippen molar-refractivity contribution in [3.05, 3.63) is 24.0 Å². The normalized spacial score (nSPS) is 20.6. The van der Waals surface area contributed by atoms with Crippen molar-refractivity contribution in [1.82, 2.24) is 0 Å². The lowest BCUT2D eigenvalue weighted by Gasteiger charge is -2.34. The van der Waals surface area contributed by atoms with Crippen molar-refractivity contribution in [3.8, 4) is 0 Å². The Labute approximate surface area is 111 Å². The minimum Gasteiger partial charge on any atom is -0.373 e. The first-order valence-corrected chi connectivity index (χ1v) is 7.35. The van der Waals surface area contributed by atoms with Crippen LogP contribution in [0.5, 0.6) is 0 Å². The van der Waals surface area contributed by atoms with Crippen molar-refractivity contribution in [1.29, 1.82) is 0 Å². The molecule has 1 atom stereocenters. The van der Waals surface area contributed by atoms with Crippen LogP contribution in [0.4, 0.5) is 10.1 Å². The Hall–Kier alpha value is -1.22. The lowest BCUT2D eigenvalue weighted by molar-refractivity contribution is 0.0463. The van der Waals surface area contributed by atoms with E-state index in [1.807, 2.05) is 0 Å². The highest BCUT2D eigenvalue weighted by Gasteiger charge is 2.22. The second kappa shape index (κ2) is 5.41. The van der Waals surface area contributed by atoms with Gasteiger partial charge in [0, 0.05) is 19.6 Å². The predicted molar refractivity (Wildman–Crippen MR) is 68.8 cm³/mol. The van der Waals surface area contributed by atoms with Crippen LogP contribution in [-0.4, -0.2) is 40.8 Å². The maximum atomic E-state index is 14.0. The molecule has 1 aromatic rings. The van der Waals surface area contributed by atoms with Gasteiger partial charge in [0.2, 0.25) is 10.0 Å². The molecule has 1 unspecified atom stereocenters. The van der Waals surface area contributed by atoms with Gasteiger partial charge in [-0.15, -0.1) is 0 Å². The number of anilines is 1. The summed E-state index contributed by atoms with van der Waals surface area (Å²) in [6.07, 6.45) is -0.147. The van der Waals surface area contributed by atoms with Gasteiger partial charge in [0.25, 0.3) is 0 Å². The predicted octanol–water partition coefficient (Wildman–Crippen LogP) is -0.363. The third-order valence-electron chi connectivity index (χ3n) is 2.99. The lowest BCUT2D eigenvalue weighted by atomic mass is 10.2. The standard InChI is InChI=1S/C11H16FN3O3S/c12-10-5-9(19(14,16)17)1-2-11(10)15-3-4-18-8(6-13)7-15/h1-2,5,8H,3-4,6-7,13H2,(H2,14,16,17). The van der Waals surface area contributed by atoms with Crippen molar-refractivity contribution < 1.29 is 17.5 Å². The van der Waals surface area contributed by atoms with E-state index in [0.29, 0.717) is 31.9 Å². The first-order valence-electron chi connectivity index (χ1n) is 5.81. The third-order valence-corrected chi connectivity index (χ3v) is 3.90. The Kier molecular flexibility index (Phi) is 4.04. The molecule has 4 N–H and O–H groups in total. The molecule has 19 heavy (non-hydrogen) atoms. The molecule has 1 heterocycles. The van der Waals surface area contributed by atoms with Gasteiger partial charge in [-0.2, -0.15) is 0 Å². The molecule has 106 valence electrons. The SMILES string of the molecule is NCC1CN(c2ccc(S(N)(=O)=O)cc2F)CCO1. The molecular formula is C11H16FN3O3S. The number of hydrogen-bond acceptors (Lipinski definition) is 5. The van der Waals surface area contributed by atoms with Crippen LogP contribution in [0.2, 0.25) is 0 Å². The maximum Gasteiger partial charge on any atom is 0.238 e. The minimum atomic E-state index is -3.89. The van der Waals surface area contributed by atoms with E-state index >= 15 is 0 Å². The number of sulfonamides is 1. The molecule has 0 radical (unpaired) electrons. The second-order valence-electron chi connectivity index (χ2n) is 4.33. The average molecular weight is 289 g/mol. The summed E-state index contributed by atoms with van der Waals surface area (Å²) in [5.74, 6) is -0.621. The molecule has 1 aliphatic heterocycles. The Balaban J connectivity index is 2.26. The summed E-state index contributed by atoms with van der Waals surface area (Å²) in [6.45, 7) is 1.82. The average Bonchev–Trinajstić information content (AvgIpc) is 2.37. The summed E-state index contributed by atoms with van der Waals surface area (Å²) < 4.78 is 41.6. The quantitative estimate of drug-likeness (QED) is 0.791. The topological polar surface area (TPSA) is 98.6 Å². The first kappa shape index (κ1) is 14.2. The molecule has 1 aliphatic rings. The van der Waals surface area contributed by atoms with Gasteiger partial charge in [0.1, 0.15) is 5.82 Å². The fourth-order valence-electron chi connectivity index (χ4n) is 2.00. The zero-order valence-corrected chi connectivity index (χ0v) is 11.1. The van der Waals surface area contributed by atoms with E-state index in [1.54, 1.807) is 4.90 Å². The van der Waals surface area contributed by atoms with Crippen molar-refractivity contribution in [2.24, 2.45) is 10.9 Å². The number of nitrogens with two attached hydrogens (primary N) is 2. The molecule has 0 aliphatic carbocycles. The largest absolute Gasteiger partial charge is 0.373 e. The Morgan fingerprint density at radius 3 is 2.79 bits per heavy atom. The van der Waals surface area contributed by atoms with Gasteiger partial charge < -0.3 is 15.4 Å². The van der Waals surface area contributed by atoms with E-state index in [0.717, 1.165) is 6.07 Å². The number of morpholine rings is 1. The minimum absolute atomic E-state index is 0.147. The molecule has 1 aromatic carbocycles. The van der Waals surface area contributed by atoms with E-state index in [4.69, 9.17) is 15.6 Å². The molecule has 0 amide bonds. The van der Waals surface area contributed by atoms with Gasteiger partial charge >= 0.3 is 0 Å². The van der Waals surface area contributed by atoms with Gasteiger partial charge in [0.05, 0.1) is 23.3 Å². The fourth-order valence-corrected chi connectivity index (χ4v) is 2.53. The monoisotopic (exact) mass is 289 g/mol.